The zero-order valence-electron chi connectivity index (χ0n) is 19.1. The van der Waals surface area contributed by atoms with Crippen molar-refractivity contribution in [3.05, 3.63) is 89.5 Å². The van der Waals surface area contributed by atoms with E-state index >= 15 is 0 Å². The molecule has 0 radical (unpaired) electrons. The number of hydrogen-bond donors (Lipinski definition) is 2. The molecule has 0 unspecified atom stereocenters. The zero-order valence-corrected chi connectivity index (χ0v) is 19.1. The monoisotopic (exact) mass is 482 g/mol. The molecule has 1 aliphatic heterocycles. The number of halogens is 3. The van der Waals surface area contributed by atoms with E-state index in [0.29, 0.717) is 42.1 Å². The van der Waals surface area contributed by atoms with Gasteiger partial charge in [0, 0.05) is 36.7 Å². The lowest BCUT2D eigenvalue weighted by atomic mass is 10.1. The first-order valence-corrected chi connectivity index (χ1v) is 11.2. The molecule has 0 spiro atoms. The van der Waals surface area contributed by atoms with Crippen LogP contribution in [0.4, 0.5) is 39.8 Å². The lowest BCUT2D eigenvalue weighted by Gasteiger charge is -2.36. The summed E-state index contributed by atoms with van der Waals surface area (Å²) in [6.07, 6.45) is -3.77. The topological polar surface area (TPSA) is 64.7 Å². The number of nitrogens with zero attached hydrogens (tertiary/aromatic N) is 2. The number of carbonyl (C=O) groups excluding carboxylic acids is 2. The third kappa shape index (κ3) is 6.11. The van der Waals surface area contributed by atoms with Gasteiger partial charge in [-0.2, -0.15) is 13.2 Å². The summed E-state index contributed by atoms with van der Waals surface area (Å²) in [6, 6.07) is 18.6. The number of urea groups is 2. The van der Waals surface area contributed by atoms with Crippen LogP contribution < -0.4 is 15.5 Å². The Morgan fingerprint density at radius 2 is 1.63 bits per heavy atom. The maximum absolute atomic E-state index is 13.1. The minimum Gasteiger partial charge on any atom is -0.320 e. The molecular weight excluding hydrogens is 457 g/mol. The highest BCUT2D eigenvalue weighted by Gasteiger charge is 2.31. The molecule has 4 amide bonds. The van der Waals surface area contributed by atoms with Gasteiger partial charge in [0.2, 0.25) is 0 Å². The molecule has 0 bridgehead atoms. The molecule has 3 aromatic carbocycles. The summed E-state index contributed by atoms with van der Waals surface area (Å²) < 4.78 is 39.1. The zero-order chi connectivity index (χ0) is 25.0. The first-order valence-electron chi connectivity index (χ1n) is 11.2. The van der Waals surface area contributed by atoms with Gasteiger partial charge in [-0.15, -0.1) is 0 Å². The number of amides is 4. The van der Waals surface area contributed by atoms with E-state index in [0.717, 1.165) is 17.7 Å². The summed E-state index contributed by atoms with van der Waals surface area (Å²) >= 11 is 0. The molecule has 1 heterocycles. The summed E-state index contributed by atoms with van der Waals surface area (Å²) in [6.45, 7) is 2.95. The van der Waals surface area contributed by atoms with Gasteiger partial charge >= 0.3 is 18.2 Å². The Morgan fingerprint density at radius 1 is 0.914 bits per heavy atom. The van der Waals surface area contributed by atoms with Gasteiger partial charge in [0.25, 0.3) is 0 Å². The van der Waals surface area contributed by atoms with Gasteiger partial charge in [0.15, 0.2) is 0 Å². The highest BCUT2D eigenvalue weighted by molar-refractivity contribution is 6.00. The predicted octanol–water partition coefficient (Wildman–Crippen LogP) is 6.49. The number of nitrogens with one attached hydrogen (secondary N) is 2. The molecule has 6 nitrogen and oxygen atoms in total. The molecule has 0 atom stereocenters. The normalized spacial score (nSPS) is 14.1. The van der Waals surface area contributed by atoms with Crippen molar-refractivity contribution >= 4 is 29.1 Å². The molecule has 1 fully saturated rings. The number of aryl methyl sites for hydroxylation is 1. The van der Waals surface area contributed by atoms with Gasteiger partial charge < -0.3 is 15.5 Å². The third-order valence-electron chi connectivity index (χ3n) is 5.66. The predicted molar refractivity (Wildman–Crippen MR) is 129 cm³/mol. The van der Waals surface area contributed by atoms with Crippen molar-refractivity contribution in [3.8, 4) is 0 Å². The van der Waals surface area contributed by atoms with Crippen molar-refractivity contribution < 1.29 is 22.8 Å². The van der Waals surface area contributed by atoms with Crippen molar-refractivity contribution in [1.29, 1.82) is 0 Å². The van der Waals surface area contributed by atoms with E-state index in [1.807, 2.05) is 19.1 Å². The largest absolute Gasteiger partial charge is 0.416 e. The van der Waals surface area contributed by atoms with Crippen LogP contribution in [-0.2, 0) is 12.7 Å². The number of rotatable bonds is 5. The van der Waals surface area contributed by atoms with Gasteiger partial charge in [0.05, 0.1) is 5.56 Å². The van der Waals surface area contributed by atoms with E-state index < -0.39 is 17.8 Å². The molecule has 0 aromatic heterocycles. The maximum Gasteiger partial charge on any atom is 0.416 e. The molecule has 3 aromatic rings. The molecule has 35 heavy (non-hydrogen) atoms. The molecule has 4 rings (SSSR count). The number of hydrogen-bond acceptors (Lipinski definition) is 2. The van der Waals surface area contributed by atoms with E-state index in [2.05, 4.69) is 10.6 Å². The number of alkyl halides is 3. The van der Waals surface area contributed by atoms with Crippen LogP contribution in [0.5, 0.6) is 0 Å². The van der Waals surface area contributed by atoms with Crippen LogP contribution in [0.15, 0.2) is 72.8 Å². The summed E-state index contributed by atoms with van der Waals surface area (Å²) in [4.78, 5) is 28.6. The van der Waals surface area contributed by atoms with Crippen molar-refractivity contribution in [2.75, 3.05) is 28.6 Å². The number of carbonyl (C=O) groups is 2. The average molecular weight is 483 g/mol. The smallest absolute Gasteiger partial charge is 0.320 e. The minimum absolute atomic E-state index is 0.0795. The Hall–Kier alpha value is -4.01. The average Bonchev–Trinajstić information content (AvgIpc) is 2.82. The Balaban J connectivity index is 1.43. The van der Waals surface area contributed by atoms with Crippen LogP contribution in [0.2, 0.25) is 0 Å². The van der Waals surface area contributed by atoms with Crippen molar-refractivity contribution in [2.24, 2.45) is 0 Å². The fraction of sp³-hybridized carbons (Fsp3) is 0.231. The van der Waals surface area contributed by atoms with Crippen LogP contribution in [0, 0.1) is 6.92 Å². The second kappa shape index (κ2) is 10.1. The highest BCUT2D eigenvalue weighted by atomic mass is 19.4. The van der Waals surface area contributed by atoms with E-state index in [9.17, 15) is 22.8 Å². The minimum atomic E-state index is -4.44. The van der Waals surface area contributed by atoms with E-state index in [-0.39, 0.29) is 12.6 Å². The Kier molecular flexibility index (Phi) is 6.95. The molecule has 1 saturated heterocycles. The summed E-state index contributed by atoms with van der Waals surface area (Å²) in [5.74, 6) is 0. The summed E-state index contributed by atoms with van der Waals surface area (Å²) in [5, 5.41) is 5.52. The van der Waals surface area contributed by atoms with Gasteiger partial charge in [-0.3, -0.25) is 4.90 Å². The van der Waals surface area contributed by atoms with Crippen molar-refractivity contribution in [1.82, 2.24) is 4.90 Å². The Morgan fingerprint density at radius 3 is 2.37 bits per heavy atom. The van der Waals surface area contributed by atoms with E-state index in [1.165, 1.54) is 11.0 Å². The highest BCUT2D eigenvalue weighted by Crippen LogP contribution is 2.30. The number of anilines is 3. The quantitative estimate of drug-likeness (QED) is 0.437. The van der Waals surface area contributed by atoms with Crippen molar-refractivity contribution in [2.45, 2.75) is 26.1 Å². The van der Waals surface area contributed by atoms with Crippen LogP contribution in [0.1, 0.15) is 23.1 Å². The Labute approximate surface area is 201 Å². The molecule has 9 heteroatoms. The second-order valence-electron chi connectivity index (χ2n) is 8.40. The van der Waals surface area contributed by atoms with Gasteiger partial charge in [-0.25, -0.2) is 9.59 Å². The third-order valence-corrected chi connectivity index (χ3v) is 5.66. The first kappa shape index (κ1) is 24.1. The molecule has 2 N–H and O–H groups in total. The SMILES string of the molecule is Cc1ccc(NC(=O)Nc2cccc(N3CCCN(Cc4cccc(C(F)(F)F)c4)C3=O)c2)cc1. The van der Waals surface area contributed by atoms with E-state index in [4.69, 9.17) is 0 Å². The van der Waals surface area contributed by atoms with E-state index in [1.54, 1.807) is 47.4 Å². The van der Waals surface area contributed by atoms with Crippen molar-refractivity contribution in [3.63, 3.8) is 0 Å². The van der Waals surface area contributed by atoms with Crippen LogP contribution in [0.3, 0.4) is 0 Å². The molecular formula is C26H25F3N4O2. The molecule has 0 saturated carbocycles. The lowest BCUT2D eigenvalue weighted by molar-refractivity contribution is -0.137. The number of benzene rings is 3. The van der Waals surface area contributed by atoms with Crippen LogP contribution in [0.25, 0.3) is 0 Å². The molecule has 182 valence electrons. The lowest BCUT2D eigenvalue weighted by Crippen LogP contribution is -2.49. The fourth-order valence-electron chi connectivity index (χ4n) is 3.92. The Bertz CT molecular complexity index is 1210. The fourth-order valence-corrected chi connectivity index (χ4v) is 3.92. The first-order chi connectivity index (χ1) is 16.7. The van der Waals surface area contributed by atoms with Gasteiger partial charge in [-0.05, 0) is 61.4 Å². The standard InChI is InChI=1S/C26H25F3N4O2/c1-18-9-11-21(12-10-18)30-24(34)31-22-7-3-8-23(16-22)33-14-4-13-32(25(33)35)17-19-5-2-6-20(15-19)26(27,28)29/h2-3,5-12,15-16H,4,13-14,17H2,1H3,(H2,30,31,34). The van der Waals surface area contributed by atoms with Gasteiger partial charge in [0.1, 0.15) is 0 Å². The summed E-state index contributed by atoms with van der Waals surface area (Å²) in [7, 11) is 0. The van der Waals surface area contributed by atoms with Crippen LogP contribution >= 0.6 is 0 Å². The second-order valence-corrected chi connectivity index (χ2v) is 8.40. The van der Waals surface area contributed by atoms with Crippen LogP contribution in [-0.4, -0.2) is 30.1 Å². The summed E-state index contributed by atoms with van der Waals surface area (Å²) in [5.41, 5.74) is 2.52. The molecule has 0 aliphatic carbocycles. The maximum atomic E-state index is 13.1. The molecule has 1 aliphatic rings. The van der Waals surface area contributed by atoms with Gasteiger partial charge in [-0.1, -0.05) is 35.9 Å².